The summed E-state index contributed by atoms with van der Waals surface area (Å²) in [5.41, 5.74) is 12.9. The van der Waals surface area contributed by atoms with E-state index in [9.17, 15) is 52.7 Å². The third-order valence-electron chi connectivity index (χ3n) is 19.6. The Hall–Kier alpha value is -7.76. The zero-order valence-electron chi connectivity index (χ0n) is 66.2. The first kappa shape index (κ1) is 91.6. The smallest absolute Gasteiger partial charge is 0.410 e. The first-order valence-corrected chi connectivity index (χ1v) is 38.7. The Balaban J connectivity index is 1.32. The second-order valence-corrected chi connectivity index (χ2v) is 31.0. The van der Waals surface area contributed by atoms with Gasteiger partial charge in [-0.05, 0) is 106 Å². The van der Waals surface area contributed by atoms with Gasteiger partial charge in [0, 0.05) is 97.6 Å². The number of esters is 1. The highest BCUT2D eigenvalue weighted by molar-refractivity contribution is 7.09. The number of likely N-dealkylation sites (tertiary alicyclic amines) is 1. The van der Waals surface area contributed by atoms with E-state index >= 15 is 0 Å². The number of benzene rings is 2. The maximum atomic E-state index is 14.9. The minimum atomic E-state index is -1.08. The van der Waals surface area contributed by atoms with E-state index in [1.54, 1.807) is 89.0 Å². The Morgan fingerprint density at radius 1 is 0.710 bits per heavy atom. The number of ketones is 3. The number of nitrogens with two attached hydrogens (primary N) is 2. The standard InChI is InChI=1S/C79H124N10O17S/c1-17-52(8)70(65(101-15)47-66(93)89-38-22-27-62(89)71(102-16)53(9)72(95)85-61(75-82-37-43-107-75)44-54-24-19-18-20-25-54)87(13)76(98)68(50(4)5)86-74(97)69(51(6)7)88(14)78(100)105-48-56-31-29-55(30-32-56)45-64(92)60(26-21-36-83-77(81)99)84-73(96)58(49(2)3)46-57(90)35-40-104-42-41-103-39-23-28-63(91)59(80)33-34-67(94)106-79(10,11)12/h18-20,24-25,29-32,37,43,49-53,58-62,65,68-71H,17,21-23,26-28,33-36,38-42,44-48,80H2,1-16H3,(H,84,96)(H,85,95)(H,86,97)(H3,81,83,99)/t52-,53+,58-,59-,60-,61-,62-,65+,68-,69-,70-,71+/m0/s1. The first-order valence-electron chi connectivity index (χ1n) is 37.8. The van der Waals surface area contributed by atoms with Gasteiger partial charge in [-0.15, -0.1) is 11.3 Å². The SMILES string of the molecule is CC[C@H](C)[C@@H]([C@@H](CC(=O)N1CCC[C@H]1[C@H](OC)[C@@H](C)C(=O)N[C@@H](Cc1ccccc1)c1nccs1)OC)N(C)C(=O)[C@@H](NC(=O)[C@H](C(C)C)N(C)C(=O)OCc1ccc(CC(=O)[C@H](CCCNC(N)=O)NC(=O)[C@@H](CC(=O)CCOCCOCCCC(=O)[C@@H](N)CCC(=O)OC(C)(C)C)C(C)C)cc1)C(C)C. The molecular formula is C79H124N10O17S. The molecule has 0 spiro atoms. The number of urea groups is 1. The molecule has 0 aliphatic carbocycles. The summed E-state index contributed by atoms with van der Waals surface area (Å²) in [7, 11) is 6.18. The summed E-state index contributed by atoms with van der Waals surface area (Å²) in [4.78, 5) is 158. The van der Waals surface area contributed by atoms with Gasteiger partial charge < -0.3 is 71.0 Å². The number of methoxy groups -OCH3 is 2. The fraction of sp³-hybridized carbons (Fsp3) is 0.671. The second kappa shape index (κ2) is 46.6. The number of hydrogen-bond acceptors (Lipinski definition) is 20. The molecule has 12 atom stereocenters. The van der Waals surface area contributed by atoms with Crippen molar-refractivity contribution >= 4 is 76.3 Å². The van der Waals surface area contributed by atoms with Crippen molar-refractivity contribution in [2.45, 2.75) is 240 Å². The first-order chi connectivity index (χ1) is 50.6. The maximum absolute atomic E-state index is 14.9. The van der Waals surface area contributed by atoms with Crippen molar-refractivity contribution in [3.05, 3.63) is 87.9 Å². The van der Waals surface area contributed by atoms with Gasteiger partial charge in [0.2, 0.25) is 29.5 Å². The van der Waals surface area contributed by atoms with E-state index in [0.29, 0.717) is 56.2 Å². The molecule has 1 saturated heterocycles. The number of carbonyl (C=O) groups excluding carboxylic acids is 11. The number of nitrogens with one attached hydrogen (secondary N) is 4. The van der Waals surface area contributed by atoms with Crippen LogP contribution < -0.4 is 32.7 Å². The van der Waals surface area contributed by atoms with Crippen LogP contribution in [0.4, 0.5) is 9.59 Å². The minimum absolute atomic E-state index is 0.0397. The third-order valence-corrected chi connectivity index (χ3v) is 20.5. The summed E-state index contributed by atoms with van der Waals surface area (Å²) in [5.74, 6) is -5.71. The Morgan fingerprint density at radius 2 is 1.37 bits per heavy atom. The highest BCUT2D eigenvalue weighted by atomic mass is 32.1. The Bertz CT molecular complexity index is 3280. The van der Waals surface area contributed by atoms with Gasteiger partial charge in [0.15, 0.2) is 5.78 Å². The van der Waals surface area contributed by atoms with E-state index in [-0.39, 0.29) is 138 Å². The number of amides is 8. The van der Waals surface area contributed by atoms with Crippen LogP contribution >= 0.6 is 11.3 Å². The molecule has 4 rings (SSSR count). The van der Waals surface area contributed by atoms with Crippen molar-refractivity contribution in [3.63, 3.8) is 0 Å². The van der Waals surface area contributed by atoms with Gasteiger partial charge in [-0.25, -0.2) is 14.6 Å². The number of carbonyl (C=O) groups is 11. The number of primary amides is 1. The summed E-state index contributed by atoms with van der Waals surface area (Å²) in [6, 6.07) is 10.6. The molecule has 0 bridgehead atoms. The van der Waals surface area contributed by atoms with Gasteiger partial charge in [-0.1, -0.05) is 123 Å². The Morgan fingerprint density at radius 3 is 1.96 bits per heavy atom. The van der Waals surface area contributed by atoms with Crippen molar-refractivity contribution in [1.82, 2.24) is 41.0 Å². The number of thiazole rings is 1. The predicted molar refractivity (Wildman–Crippen MR) is 408 cm³/mol. The molecule has 0 radical (unpaired) electrons. The van der Waals surface area contributed by atoms with Gasteiger partial charge in [0.25, 0.3) is 0 Å². The van der Waals surface area contributed by atoms with Crippen molar-refractivity contribution < 1.29 is 81.2 Å². The van der Waals surface area contributed by atoms with E-state index in [2.05, 4.69) is 26.3 Å². The fourth-order valence-electron chi connectivity index (χ4n) is 13.4. The van der Waals surface area contributed by atoms with Gasteiger partial charge in [-0.2, -0.15) is 0 Å². The van der Waals surface area contributed by atoms with Gasteiger partial charge in [0.05, 0.1) is 74.6 Å². The topological polar surface area (TPSA) is 366 Å². The van der Waals surface area contributed by atoms with Crippen LogP contribution in [0.3, 0.4) is 0 Å². The number of nitrogens with zero attached hydrogens (tertiary/aromatic N) is 4. The number of rotatable bonds is 49. The fourth-order valence-corrected chi connectivity index (χ4v) is 14.0. The lowest BCUT2D eigenvalue weighted by Gasteiger charge is -2.41. The van der Waals surface area contributed by atoms with Gasteiger partial charge in [0.1, 0.15) is 40.9 Å². The monoisotopic (exact) mass is 1520 g/mol. The molecule has 2 aromatic carbocycles. The average molecular weight is 1520 g/mol. The number of likely N-dealkylation sites (N-methyl/N-ethyl adjacent to an activating group) is 2. The Labute approximate surface area is 637 Å². The molecule has 3 aromatic rings. The lowest BCUT2D eigenvalue weighted by Crippen LogP contribution is -2.60. The van der Waals surface area contributed by atoms with Crippen LogP contribution in [0.5, 0.6) is 0 Å². The summed E-state index contributed by atoms with van der Waals surface area (Å²) < 4.78 is 34.5. The molecule has 0 unspecified atom stereocenters. The zero-order chi connectivity index (χ0) is 79.7. The zero-order valence-corrected chi connectivity index (χ0v) is 67.0. The van der Waals surface area contributed by atoms with Crippen LogP contribution in [0.2, 0.25) is 0 Å². The molecular weight excluding hydrogens is 1390 g/mol. The maximum Gasteiger partial charge on any atom is 0.410 e. The van der Waals surface area contributed by atoms with E-state index in [1.807, 2.05) is 84.2 Å². The van der Waals surface area contributed by atoms with Crippen molar-refractivity contribution in [2.75, 3.05) is 67.8 Å². The quantitative estimate of drug-likeness (QED) is 0.0228. The van der Waals surface area contributed by atoms with E-state index < -0.39 is 114 Å². The van der Waals surface area contributed by atoms with Crippen LogP contribution in [0.15, 0.2) is 66.2 Å². The van der Waals surface area contributed by atoms with Crippen LogP contribution in [-0.2, 0) is 91.0 Å². The Kier molecular flexibility index (Phi) is 39.9. The molecule has 2 heterocycles. The van der Waals surface area contributed by atoms with Crippen molar-refractivity contribution in [3.8, 4) is 0 Å². The van der Waals surface area contributed by atoms with E-state index in [4.69, 9.17) is 39.9 Å². The number of hydrogen-bond donors (Lipinski definition) is 6. The van der Waals surface area contributed by atoms with Crippen LogP contribution in [0.1, 0.15) is 188 Å². The molecule has 28 heteroatoms. The van der Waals surface area contributed by atoms with E-state index in [0.717, 1.165) is 10.6 Å². The molecule has 8 N–H and O–H groups in total. The molecule has 8 amide bonds. The van der Waals surface area contributed by atoms with Crippen molar-refractivity contribution in [1.29, 1.82) is 0 Å². The van der Waals surface area contributed by atoms with E-state index in [1.165, 1.54) is 30.4 Å². The van der Waals surface area contributed by atoms with Gasteiger partial charge in [-0.3, -0.25) is 48.1 Å². The van der Waals surface area contributed by atoms with Crippen LogP contribution in [0.25, 0.3) is 0 Å². The molecule has 0 saturated carbocycles. The molecule has 1 aromatic heterocycles. The summed E-state index contributed by atoms with van der Waals surface area (Å²) >= 11 is 1.47. The summed E-state index contributed by atoms with van der Waals surface area (Å²) in [6.45, 7) is 23.1. The lowest BCUT2D eigenvalue weighted by molar-refractivity contribution is -0.155. The predicted octanol–water partition coefficient (Wildman–Crippen LogP) is 8.40. The molecule has 27 nitrogen and oxygen atoms in total. The number of aromatic nitrogens is 1. The highest BCUT2D eigenvalue weighted by Crippen LogP contribution is 2.32. The molecule has 1 fully saturated rings. The summed E-state index contributed by atoms with van der Waals surface area (Å²) in [6.07, 6.45) is 3.11. The van der Waals surface area contributed by atoms with Crippen molar-refractivity contribution in [2.24, 2.45) is 47.0 Å². The normalized spacial score (nSPS) is 16.2. The number of ether oxygens (including phenoxy) is 6. The van der Waals surface area contributed by atoms with Crippen LogP contribution in [0, 0.1) is 35.5 Å². The minimum Gasteiger partial charge on any atom is -0.460 e. The highest BCUT2D eigenvalue weighted by Gasteiger charge is 2.44. The van der Waals surface area contributed by atoms with Gasteiger partial charge >= 0.3 is 18.1 Å². The molecule has 1 aliphatic rings. The second-order valence-electron chi connectivity index (χ2n) is 30.1. The molecule has 1 aliphatic heterocycles. The summed E-state index contributed by atoms with van der Waals surface area (Å²) in [5, 5.41) is 14.2. The van der Waals surface area contributed by atoms with Crippen LogP contribution in [-0.4, -0.2) is 207 Å². The third kappa shape index (κ3) is 31.0. The average Bonchev–Trinajstić information content (AvgIpc) is 1.75. The lowest BCUT2D eigenvalue weighted by atomic mass is 9.88. The molecule has 598 valence electrons. The largest absolute Gasteiger partial charge is 0.460 e. The molecule has 107 heavy (non-hydrogen) atoms. The number of Topliss-reactive ketones (excluding diaryl/α,β-unsaturated/α-hetero) is 3.